The number of aryl methyl sites for hydroxylation is 2. The number of rotatable bonds is 1. The summed E-state index contributed by atoms with van der Waals surface area (Å²) in [6, 6.07) is 16.4. The number of hydrogen-bond acceptors (Lipinski definition) is 1. The van der Waals surface area contributed by atoms with Crippen molar-refractivity contribution in [1.29, 1.82) is 5.26 Å². The van der Waals surface area contributed by atoms with Gasteiger partial charge in [0.05, 0.1) is 11.6 Å². The van der Waals surface area contributed by atoms with Gasteiger partial charge in [0.2, 0.25) is 0 Å². The molecular weight excluding hydrogens is 232 g/mol. The summed E-state index contributed by atoms with van der Waals surface area (Å²) in [5, 5.41) is 10.1. The van der Waals surface area contributed by atoms with E-state index < -0.39 is 0 Å². The van der Waals surface area contributed by atoms with E-state index in [2.05, 4.69) is 49.0 Å². The van der Waals surface area contributed by atoms with Crippen molar-refractivity contribution >= 4 is 10.9 Å². The van der Waals surface area contributed by atoms with Crippen LogP contribution < -0.4 is 0 Å². The molecule has 19 heavy (non-hydrogen) atoms. The first-order valence-corrected chi connectivity index (χ1v) is 6.25. The van der Waals surface area contributed by atoms with Crippen molar-refractivity contribution in [3.8, 4) is 17.2 Å². The SMILES string of the molecule is Cc1ccc2c(c1)c(-c1ccc(C#N)cc1)cn2C. The Morgan fingerprint density at radius 2 is 1.79 bits per heavy atom. The fraction of sp³-hybridized carbons (Fsp3) is 0.118. The highest BCUT2D eigenvalue weighted by Gasteiger charge is 2.08. The van der Waals surface area contributed by atoms with Gasteiger partial charge >= 0.3 is 0 Å². The highest BCUT2D eigenvalue weighted by Crippen LogP contribution is 2.30. The van der Waals surface area contributed by atoms with Gasteiger partial charge < -0.3 is 4.57 Å². The number of nitrogens with zero attached hydrogens (tertiary/aromatic N) is 2. The second-order valence-electron chi connectivity index (χ2n) is 4.86. The van der Waals surface area contributed by atoms with Gasteiger partial charge in [-0.1, -0.05) is 23.8 Å². The molecule has 3 aromatic rings. The van der Waals surface area contributed by atoms with E-state index in [1.54, 1.807) is 0 Å². The largest absolute Gasteiger partial charge is 0.350 e. The number of benzene rings is 2. The van der Waals surface area contributed by atoms with Crippen LogP contribution in [-0.2, 0) is 7.05 Å². The van der Waals surface area contributed by atoms with E-state index in [0.29, 0.717) is 5.56 Å². The summed E-state index contributed by atoms with van der Waals surface area (Å²) < 4.78 is 2.14. The third kappa shape index (κ3) is 1.90. The van der Waals surface area contributed by atoms with E-state index in [-0.39, 0.29) is 0 Å². The summed E-state index contributed by atoms with van der Waals surface area (Å²) in [5.74, 6) is 0. The van der Waals surface area contributed by atoms with Gasteiger partial charge in [-0.25, -0.2) is 0 Å². The third-order valence-corrected chi connectivity index (χ3v) is 3.47. The normalized spacial score (nSPS) is 10.6. The molecule has 0 unspecified atom stereocenters. The predicted molar refractivity (Wildman–Crippen MR) is 77.8 cm³/mol. The van der Waals surface area contributed by atoms with Crippen LogP contribution in [0.15, 0.2) is 48.7 Å². The molecule has 1 aromatic heterocycles. The molecule has 0 aliphatic rings. The molecule has 0 aliphatic heterocycles. The summed E-state index contributed by atoms with van der Waals surface area (Å²) in [4.78, 5) is 0. The van der Waals surface area contributed by atoms with Crippen molar-refractivity contribution in [2.75, 3.05) is 0 Å². The Hall–Kier alpha value is -2.53. The smallest absolute Gasteiger partial charge is 0.0991 e. The molecule has 3 rings (SSSR count). The molecule has 0 atom stereocenters. The number of hydrogen-bond donors (Lipinski definition) is 0. The first kappa shape index (κ1) is 11.6. The van der Waals surface area contributed by atoms with Crippen LogP contribution in [0.1, 0.15) is 11.1 Å². The van der Waals surface area contributed by atoms with Gasteiger partial charge in [-0.3, -0.25) is 0 Å². The predicted octanol–water partition coefficient (Wildman–Crippen LogP) is 4.03. The lowest BCUT2D eigenvalue weighted by Crippen LogP contribution is -1.82. The zero-order valence-electron chi connectivity index (χ0n) is 11.0. The minimum Gasteiger partial charge on any atom is -0.350 e. The summed E-state index contributed by atoms with van der Waals surface area (Å²) in [6.45, 7) is 2.11. The minimum absolute atomic E-state index is 0.695. The maximum Gasteiger partial charge on any atom is 0.0991 e. The fourth-order valence-electron chi connectivity index (χ4n) is 2.46. The van der Waals surface area contributed by atoms with E-state index in [1.807, 2.05) is 24.3 Å². The fourth-order valence-corrected chi connectivity index (χ4v) is 2.46. The van der Waals surface area contributed by atoms with Crippen LogP contribution in [-0.4, -0.2) is 4.57 Å². The molecule has 1 heterocycles. The quantitative estimate of drug-likeness (QED) is 0.637. The molecule has 92 valence electrons. The lowest BCUT2D eigenvalue weighted by atomic mass is 10.0. The van der Waals surface area contributed by atoms with Crippen molar-refractivity contribution in [3.63, 3.8) is 0 Å². The van der Waals surface area contributed by atoms with Crippen LogP contribution in [0.2, 0.25) is 0 Å². The van der Waals surface area contributed by atoms with Crippen molar-refractivity contribution in [1.82, 2.24) is 4.57 Å². The lowest BCUT2D eigenvalue weighted by molar-refractivity contribution is 0.970. The van der Waals surface area contributed by atoms with E-state index in [0.717, 1.165) is 5.56 Å². The van der Waals surface area contributed by atoms with Gasteiger partial charge in [0.1, 0.15) is 0 Å². The molecular formula is C17H14N2. The average molecular weight is 246 g/mol. The summed E-state index contributed by atoms with van der Waals surface area (Å²) in [6.07, 6.45) is 2.14. The Labute approximate surface area is 112 Å². The highest BCUT2D eigenvalue weighted by molar-refractivity contribution is 5.96. The molecule has 0 amide bonds. The molecule has 2 nitrogen and oxygen atoms in total. The van der Waals surface area contributed by atoms with E-state index >= 15 is 0 Å². The van der Waals surface area contributed by atoms with E-state index in [4.69, 9.17) is 5.26 Å². The first-order chi connectivity index (χ1) is 9.19. The summed E-state index contributed by atoms with van der Waals surface area (Å²) in [5.41, 5.74) is 5.54. The van der Waals surface area contributed by atoms with Crippen molar-refractivity contribution in [2.45, 2.75) is 6.92 Å². The van der Waals surface area contributed by atoms with Gasteiger partial charge in [-0.15, -0.1) is 0 Å². The van der Waals surface area contributed by atoms with E-state index in [1.165, 1.54) is 22.0 Å². The Morgan fingerprint density at radius 1 is 1.05 bits per heavy atom. The van der Waals surface area contributed by atoms with Crippen LogP contribution in [0.25, 0.3) is 22.0 Å². The summed E-state index contributed by atoms with van der Waals surface area (Å²) in [7, 11) is 2.06. The monoisotopic (exact) mass is 246 g/mol. The van der Waals surface area contributed by atoms with Gasteiger partial charge in [0.25, 0.3) is 0 Å². The average Bonchev–Trinajstić information content (AvgIpc) is 2.75. The van der Waals surface area contributed by atoms with Crippen molar-refractivity contribution in [2.24, 2.45) is 7.05 Å². The van der Waals surface area contributed by atoms with E-state index in [9.17, 15) is 0 Å². The zero-order chi connectivity index (χ0) is 13.4. The van der Waals surface area contributed by atoms with Gasteiger partial charge in [0.15, 0.2) is 0 Å². The van der Waals surface area contributed by atoms with Crippen LogP contribution >= 0.6 is 0 Å². The second kappa shape index (κ2) is 4.29. The van der Waals surface area contributed by atoms with Crippen LogP contribution in [0.3, 0.4) is 0 Å². The zero-order valence-corrected chi connectivity index (χ0v) is 11.0. The molecule has 0 fully saturated rings. The topological polar surface area (TPSA) is 28.7 Å². The van der Waals surface area contributed by atoms with Crippen LogP contribution in [0.4, 0.5) is 0 Å². The first-order valence-electron chi connectivity index (χ1n) is 6.25. The minimum atomic E-state index is 0.695. The Balaban J connectivity index is 2.24. The number of fused-ring (bicyclic) bond motifs is 1. The van der Waals surface area contributed by atoms with Crippen LogP contribution in [0.5, 0.6) is 0 Å². The van der Waals surface area contributed by atoms with Gasteiger partial charge in [0, 0.05) is 29.7 Å². The van der Waals surface area contributed by atoms with Crippen molar-refractivity contribution in [3.05, 3.63) is 59.8 Å². The number of aromatic nitrogens is 1. The van der Waals surface area contributed by atoms with Crippen LogP contribution in [0, 0.1) is 18.3 Å². The standard InChI is InChI=1S/C17H14N2/c1-12-3-8-17-15(9-12)16(11-19(17)2)14-6-4-13(10-18)5-7-14/h3-9,11H,1-2H3. The Bertz CT molecular complexity index is 786. The summed E-state index contributed by atoms with van der Waals surface area (Å²) >= 11 is 0. The molecule has 0 radical (unpaired) electrons. The molecule has 2 aromatic carbocycles. The maximum absolute atomic E-state index is 8.86. The molecule has 0 aliphatic carbocycles. The molecule has 0 N–H and O–H groups in total. The number of nitriles is 1. The highest BCUT2D eigenvalue weighted by atomic mass is 14.9. The van der Waals surface area contributed by atoms with Gasteiger partial charge in [-0.2, -0.15) is 5.26 Å². The molecule has 0 bridgehead atoms. The molecule has 0 saturated heterocycles. The van der Waals surface area contributed by atoms with Crippen molar-refractivity contribution < 1.29 is 0 Å². The Kier molecular flexibility index (Phi) is 2.61. The molecule has 2 heteroatoms. The maximum atomic E-state index is 8.86. The third-order valence-electron chi connectivity index (χ3n) is 3.47. The second-order valence-corrected chi connectivity index (χ2v) is 4.86. The lowest BCUT2D eigenvalue weighted by Gasteiger charge is -2.00. The Morgan fingerprint density at radius 3 is 2.47 bits per heavy atom. The molecule has 0 spiro atoms. The molecule has 0 saturated carbocycles. The van der Waals surface area contributed by atoms with Gasteiger partial charge in [-0.05, 0) is 36.8 Å².